The van der Waals surface area contributed by atoms with E-state index in [2.05, 4.69) is 64.3 Å². The molecule has 2 unspecified atom stereocenters. The van der Waals surface area contributed by atoms with Crippen molar-refractivity contribution in [3.63, 3.8) is 0 Å². The Hall–Kier alpha value is -1.05. The lowest BCUT2D eigenvalue weighted by atomic mass is 10.1. The van der Waals surface area contributed by atoms with E-state index in [4.69, 9.17) is 5.26 Å². The molecular formula is C15H20BrN3. The third-order valence-corrected chi connectivity index (χ3v) is 4.62. The molecule has 3 nitrogen and oxygen atoms in total. The number of rotatable bonds is 2. The van der Waals surface area contributed by atoms with Crippen molar-refractivity contribution >= 4 is 21.6 Å². The molecule has 1 aliphatic rings. The van der Waals surface area contributed by atoms with Gasteiger partial charge >= 0.3 is 0 Å². The first kappa shape index (κ1) is 14.4. The fourth-order valence-corrected chi connectivity index (χ4v) is 2.87. The Morgan fingerprint density at radius 1 is 1.53 bits per heavy atom. The molecule has 1 fully saturated rings. The average molecular weight is 322 g/mol. The molecule has 1 saturated heterocycles. The molecule has 0 aliphatic carbocycles. The Bertz CT molecular complexity index is 481. The van der Waals surface area contributed by atoms with Crippen LogP contribution in [0.15, 0.2) is 22.7 Å². The van der Waals surface area contributed by atoms with E-state index >= 15 is 0 Å². The largest absolute Gasteiger partial charge is 0.367 e. The monoisotopic (exact) mass is 321 g/mol. The van der Waals surface area contributed by atoms with Gasteiger partial charge in [0.1, 0.15) is 0 Å². The molecule has 0 bridgehead atoms. The average Bonchev–Trinajstić information content (AvgIpc) is 2.56. The summed E-state index contributed by atoms with van der Waals surface area (Å²) in [5.74, 6) is 0. The summed E-state index contributed by atoms with van der Waals surface area (Å²) in [4.78, 5) is 2.41. The van der Waals surface area contributed by atoms with Crippen LogP contribution in [0.1, 0.15) is 25.3 Å². The Morgan fingerprint density at radius 2 is 2.32 bits per heavy atom. The molecule has 0 amide bonds. The van der Waals surface area contributed by atoms with Crippen LogP contribution >= 0.6 is 15.9 Å². The number of halogens is 1. The number of anilines is 1. The molecule has 19 heavy (non-hydrogen) atoms. The molecule has 2 rings (SSSR count). The van der Waals surface area contributed by atoms with Gasteiger partial charge in [-0.15, -0.1) is 0 Å². The fourth-order valence-electron chi connectivity index (χ4n) is 2.50. The summed E-state index contributed by atoms with van der Waals surface area (Å²) in [5.41, 5.74) is 2.48. The minimum absolute atomic E-state index is 0.259. The molecule has 0 spiro atoms. The number of nitrogens with one attached hydrogen (secondary N) is 1. The molecule has 0 saturated carbocycles. The van der Waals surface area contributed by atoms with Crippen molar-refractivity contribution < 1.29 is 0 Å². The van der Waals surface area contributed by atoms with Gasteiger partial charge in [0.05, 0.1) is 12.5 Å². The summed E-state index contributed by atoms with van der Waals surface area (Å²) in [6, 6.07) is 9.52. The maximum absolute atomic E-state index is 8.90. The van der Waals surface area contributed by atoms with Gasteiger partial charge in [-0.2, -0.15) is 5.26 Å². The van der Waals surface area contributed by atoms with Crippen molar-refractivity contribution in [2.45, 2.75) is 38.8 Å². The molecule has 1 N–H and O–H groups in total. The summed E-state index contributed by atoms with van der Waals surface area (Å²) < 4.78 is 1.14. The molecule has 102 valence electrons. The zero-order valence-corrected chi connectivity index (χ0v) is 13.1. The van der Waals surface area contributed by atoms with E-state index in [0.29, 0.717) is 12.5 Å². The lowest BCUT2D eigenvalue weighted by molar-refractivity contribution is 0.552. The van der Waals surface area contributed by atoms with Crippen molar-refractivity contribution in [1.82, 2.24) is 5.32 Å². The summed E-state index contributed by atoms with van der Waals surface area (Å²) in [6.45, 7) is 6.23. The number of nitriles is 1. The van der Waals surface area contributed by atoms with E-state index in [0.717, 1.165) is 24.0 Å². The van der Waals surface area contributed by atoms with Gasteiger partial charge in [-0.05, 0) is 44.5 Å². The van der Waals surface area contributed by atoms with Crippen molar-refractivity contribution in [2.75, 3.05) is 18.0 Å². The van der Waals surface area contributed by atoms with E-state index in [-0.39, 0.29) is 6.04 Å². The van der Waals surface area contributed by atoms with Crippen LogP contribution in [0.4, 0.5) is 5.69 Å². The van der Waals surface area contributed by atoms with Crippen LogP contribution in [0.2, 0.25) is 0 Å². The summed E-state index contributed by atoms with van der Waals surface area (Å²) >= 11 is 3.60. The van der Waals surface area contributed by atoms with Crippen molar-refractivity contribution in [3.05, 3.63) is 28.2 Å². The molecule has 1 aromatic carbocycles. The van der Waals surface area contributed by atoms with Crippen LogP contribution in [0, 0.1) is 18.3 Å². The van der Waals surface area contributed by atoms with Gasteiger partial charge in [0.25, 0.3) is 0 Å². The molecule has 0 aromatic heterocycles. The normalized spacial score (nSPS) is 23.8. The van der Waals surface area contributed by atoms with Crippen LogP contribution in [0.25, 0.3) is 0 Å². The Kier molecular flexibility index (Phi) is 4.84. The first-order chi connectivity index (χ1) is 9.11. The predicted molar refractivity (Wildman–Crippen MR) is 82.3 cm³/mol. The van der Waals surface area contributed by atoms with Crippen molar-refractivity contribution in [1.29, 1.82) is 5.26 Å². The highest BCUT2D eigenvalue weighted by Gasteiger charge is 2.23. The molecule has 1 heterocycles. The fraction of sp³-hybridized carbons (Fsp3) is 0.533. The highest BCUT2D eigenvalue weighted by molar-refractivity contribution is 9.10. The first-order valence-electron chi connectivity index (χ1n) is 6.75. The molecule has 0 radical (unpaired) electrons. The number of benzene rings is 1. The SMILES string of the molecule is Cc1ccc(N2CC(CC#N)NCCC2C)cc1Br. The van der Waals surface area contributed by atoms with Crippen LogP contribution in [-0.2, 0) is 0 Å². The second-order valence-electron chi connectivity index (χ2n) is 5.24. The van der Waals surface area contributed by atoms with Gasteiger partial charge in [-0.3, -0.25) is 0 Å². The van der Waals surface area contributed by atoms with Crippen molar-refractivity contribution in [3.8, 4) is 6.07 Å². The number of aryl methyl sites for hydroxylation is 1. The van der Waals surface area contributed by atoms with Gasteiger partial charge < -0.3 is 10.2 Å². The number of hydrogen-bond donors (Lipinski definition) is 1. The van der Waals surface area contributed by atoms with Gasteiger partial charge in [0.15, 0.2) is 0 Å². The lowest BCUT2D eigenvalue weighted by Crippen LogP contribution is -2.40. The zero-order valence-electron chi connectivity index (χ0n) is 11.5. The highest BCUT2D eigenvalue weighted by atomic mass is 79.9. The van der Waals surface area contributed by atoms with Crippen molar-refractivity contribution in [2.24, 2.45) is 0 Å². The molecule has 1 aliphatic heterocycles. The quantitative estimate of drug-likeness (QED) is 0.909. The van der Waals surface area contributed by atoms with E-state index in [1.165, 1.54) is 11.3 Å². The smallest absolute Gasteiger partial charge is 0.0638 e. The maximum atomic E-state index is 8.90. The molecule has 4 heteroatoms. The molecule has 2 atom stereocenters. The zero-order chi connectivity index (χ0) is 13.8. The standard InChI is InChI=1S/C15H20BrN3/c1-11-3-4-14(9-15(11)16)19-10-13(5-7-17)18-8-6-12(19)2/h3-4,9,12-13,18H,5-6,8,10H2,1-2H3. The predicted octanol–water partition coefficient (Wildman–Crippen LogP) is 3.23. The second kappa shape index (κ2) is 6.40. The molecular weight excluding hydrogens is 302 g/mol. The minimum Gasteiger partial charge on any atom is -0.367 e. The topological polar surface area (TPSA) is 39.1 Å². The van der Waals surface area contributed by atoms with E-state index in [1.807, 2.05) is 0 Å². The first-order valence-corrected chi connectivity index (χ1v) is 7.54. The Balaban J connectivity index is 2.23. The Labute approximate surface area is 123 Å². The van der Waals surface area contributed by atoms with Crippen LogP contribution < -0.4 is 10.2 Å². The summed E-state index contributed by atoms with van der Waals surface area (Å²) in [5, 5.41) is 12.4. The number of nitrogens with zero attached hydrogens (tertiary/aromatic N) is 2. The summed E-state index contributed by atoms with van der Waals surface area (Å²) in [7, 11) is 0. The molecule has 1 aromatic rings. The van der Waals surface area contributed by atoms with Crippen LogP contribution in [0.5, 0.6) is 0 Å². The van der Waals surface area contributed by atoms with Gasteiger partial charge in [-0.1, -0.05) is 22.0 Å². The second-order valence-corrected chi connectivity index (χ2v) is 6.09. The third kappa shape index (κ3) is 3.49. The van der Waals surface area contributed by atoms with Gasteiger partial charge in [0.2, 0.25) is 0 Å². The lowest BCUT2D eigenvalue weighted by Gasteiger charge is -2.31. The Morgan fingerprint density at radius 3 is 3.00 bits per heavy atom. The van der Waals surface area contributed by atoms with E-state index < -0.39 is 0 Å². The van der Waals surface area contributed by atoms with E-state index in [1.54, 1.807) is 0 Å². The van der Waals surface area contributed by atoms with Gasteiger partial charge in [-0.25, -0.2) is 0 Å². The maximum Gasteiger partial charge on any atom is 0.0638 e. The van der Waals surface area contributed by atoms with Gasteiger partial charge in [0, 0.05) is 28.8 Å². The van der Waals surface area contributed by atoms with Crippen LogP contribution in [-0.4, -0.2) is 25.2 Å². The third-order valence-electron chi connectivity index (χ3n) is 3.77. The summed E-state index contributed by atoms with van der Waals surface area (Å²) in [6.07, 6.45) is 1.67. The van der Waals surface area contributed by atoms with Crippen LogP contribution in [0.3, 0.4) is 0 Å². The van der Waals surface area contributed by atoms with E-state index in [9.17, 15) is 0 Å². The number of hydrogen-bond acceptors (Lipinski definition) is 3. The highest BCUT2D eigenvalue weighted by Crippen LogP contribution is 2.26. The minimum atomic E-state index is 0.259.